The SMILES string of the molecule is O=S(=O)(O)c1cc(S(=O)(=O)O)c(F)c(S(=O)(=O)O)c1. The highest BCUT2D eigenvalue weighted by molar-refractivity contribution is 7.87. The molecule has 1 aromatic rings. The second-order valence-electron chi connectivity index (χ2n) is 3.16. The number of halogens is 1. The Bertz CT molecular complexity index is 781. The third-order valence-corrected chi connectivity index (χ3v) is 4.37. The van der Waals surface area contributed by atoms with Crippen molar-refractivity contribution in [3.8, 4) is 0 Å². The molecule has 3 N–H and O–H groups in total. The van der Waals surface area contributed by atoms with Gasteiger partial charge >= 0.3 is 0 Å². The summed E-state index contributed by atoms with van der Waals surface area (Å²) in [4.78, 5) is -4.79. The first kappa shape index (κ1) is 15.9. The summed E-state index contributed by atoms with van der Waals surface area (Å²) in [6, 6.07) is -0.0106. The Morgan fingerprint density at radius 1 is 0.737 bits per heavy atom. The Hall–Kier alpha value is -1.12. The van der Waals surface area contributed by atoms with E-state index in [0.717, 1.165) is 0 Å². The third kappa shape index (κ3) is 3.46. The summed E-state index contributed by atoms with van der Waals surface area (Å²) < 4.78 is 104. The number of rotatable bonds is 3. The molecular formula is C6H5FO9S3. The molecule has 0 unspecified atom stereocenters. The molecule has 1 rings (SSSR count). The Morgan fingerprint density at radius 3 is 1.26 bits per heavy atom. The molecule has 0 aromatic heterocycles. The van der Waals surface area contributed by atoms with Gasteiger partial charge in [0.05, 0.1) is 4.90 Å². The predicted octanol–water partition coefficient (Wildman–Crippen LogP) is -0.434. The van der Waals surface area contributed by atoms with Crippen molar-refractivity contribution in [1.82, 2.24) is 0 Å². The zero-order valence-corrected chi connectivity index (χ0v) is 11.0. The molecule has 0 radical (unpaired) electrons. The maximum Gasteiger partial charge on any atom is 0.297 e. The van der Waals surface area contributed by atoms with Crippen LogP contribution >= 0.6 is 0 Å². The van der Waals surface area contributed by atoms with E-state index in [1.807, 2.05) is 0 Å². The molecule has 108 valence electrons. The van der Waals surface area contributed by atoms with Gasteiger partial charge in [0, 0.05) is 0 Å². The van der Waals surface area contributed by atoms with Crippen LogP contribution in [0.3, 0.4) is 0 Å². The molecule has 0 saturated carbocycles. The maximum atomic E-state index is 13.5. The van der Waals surface area contributed by atoms with Crippen molar-refractivity contribution in [1.29, 1.82) is 0 Å². The number of hydrogen-bond acceptors (Lipinski definition) is 6. The van der Waals surface area contributed by atoms with E-state index in [-0.39, 0.29) is 12.1 Å². The number of benzene rings is 1. The van der Waals surface area contributed by atoms with Crippen LogP contribution in [0.2, 0.25) is 0 Å². The van der Waals surface area contributed by atoms with Crippen LogP contribution in [0.15, 0.2) is 26.8 Å². The lowest BCUT2D eigenvalue weighted by Gasteiger charge is -2.06. The highest BCUT2D eigenvalue weighted by Gasteiger charge is 2.29. The molecule has 1 aromatic carbocycles. The lowest BCUT2D eigenvalue weighted by Crippen LogP contribution is -2.11. The van der Waals surface area contributed by atoms with Crippen molar-refractivity contribution in [3.63, 3.8) is 0 Å². The smallest absolute Gasteiger partial charge is 0.282 e. The molecule has 0 spiro atoms. The minimum absolute atomic E-state index is 0.00528. The second-order valence-corrected chi connectivity index (χ2v) is 7.36. The van der Waals surface area contributed by atoms with Crippen molar-refractivity contribution >= 4 is 30.4 Å². The van der Waals surface area contributed by atoms with Crippen LogP contribution in [0.25, 0.3) is 0 Å². The standard InChI is InChI=1S/C6H5FO9S3/c7-6-4(18(11,12)13)1-3(17(8,9)10)2-5(6)19(14,15)16/h1-2H,(H,8,9,10)(H,11,12,13)(H,14,15,16). The molecule has 0 aliphatic rings. The van der Waals surface area contributed by atoms with E-state index in [1.165, 1.54) is 0 Å². The normalized spacial score (nSPS) is 13.5. The fraction of sp³-hybridized carbons (Fsp3) is 0. The second kappa shape index (κ2) is 4.46. The van der Waals surface area contributed by atoms with Gasteiger partial charge in [-0.2, -0.15) is 25.3 Å². The van der Waals surface area contributed by atoms with E-state index in [1.54, 1.807) is 0 Å². The van der Waals surface area contributed by atoms with Crippen molar-refractivity contribution in [3.05, 3.63) is 17.9 Å². The van der Waals surface area contributed by atoms with Crippen LogP contribution in [0.5, 0.6) is 0 Å². The monoisotopic (exact) mass is 336 g/mol. The van der Waals surface area contributed by atoms with Gasteiger partial charge in [-0.25, -0.2) is 4.39 Å². The van der Waals surface area contributed by atoms with E-state index in [9.17, 15) is 29.6 Å². The fourth-order valence-electron chi connectivity index (χ4n) is 1.07. The summed E-state index contributed by atoms with van der Waals surface area (Å²) in [6.45, 7) is 0. The van der Waals surface area contributed by atoms with Gasteiger partial charge in [0.2, 0.25) is 0 Å². The molecule has 19 heavy (non-hydrogen) atoms. The van der Waals surface area contributed by atoms with E-state index in [2.05, 4.69) is 0 Å². The van der Waals surface area contributed by atoms with Crippen LogP contribution in [0, 0.1) is 5.82 Å². The molecule has 0 saturated heterocycles. The predicted molar refractivity (Wildman–Crippen MR) is 55.8 cm³/mol. The summed E-state index contributed by atoms with van der Waals surface area (Å²) in [5, 5.41) is 0. The molecular weight excluding hydrogens is 331 g/mol. The summed E-state index contributed by atoms with van der Waals surface area (Å²) >= 11 is 0. The van der Waals surface area contributed by atoms with Crippen molar-refractivity contribution < 1.29 is 43.3 Å². The quantitative estimate of drug-likeness (QED) is 0.621. The van der Waals surface area contributed by atoms with Gasteiger partial charge in [-0.05, 0) is 12.1 Å². The molecule has 0 atom stereocenters. The molecule has 0 heterocycles. The van der Waals surface area contributed by atoms with E-state index < -0.39 is 50.9 Å². The van der Waals surface area contributed by atoms with Crippen LogP contribution in [-0.4, -0.2) is 38.9 Å². The Balaban J connectivity index is 4.00. The third-order valence-electron chi connectivity index (χ3n) is 1.83. The van der Waals surface area contributed by atoms with Gasteiger partial charge in [0.1, 0.15) is 9.79 Å². The summed E-state index contributed by atoms with van der Waals surface area (Å²) in [7, 11) is -15.8. The molecule has 0 bridgehead atoms. The zero-order valence-electron chi connectivity index (χ0n) is 8.55. The first-order valence-corrected chi connectivity index (χ1v) is 8.32. The van der Waals surface area contributed by atoms with Crippen LogP contribution in [0.4, 0.5) is 4.39 Å². The highest BCUT2D eigenvalue weighted by atomic mass is 32.2. The lowest BCUT2D eigenvalue weighted by molar-refractivity contribution is 0.456. The highest BCUT2D eigenvalue weighted by Crippen LogP contribution is 2.26. The summed E-state index contributed by atoms with van der Waals surface area (Å²) in [6.07, 6.45) is 0. The van der Waals surface area contributed by atoms with E-state index in [4.69, 9.17) is 13.7 Å². The maximum absolute atomic E-state index is 13.5. The average molecular weight is 336 g/mol. The van der Waals surface area contributed by atoms with Gasteiger partial charge in [-0.15, -0.1) is 0 Å². The first-order chi connectivity index (χ1) is 8.24. The van der Waals surface area contributed by atoms with Gasteiger partial charge < -0.3 is 0 Å². The van der Waals surface area contributed by atoms with E-state index in [0.29, 0.717) is 0 Å². The molecule has 0 aliphatic heterocycles. The zero-order chi connectivity index (χ0) is 15.2. The topological polar surface area (TPSA) is 163 Å². The molecule has 0 aliphatic carbocycles. The van der Waals surface area contributed by atoms with Crippen LogP contribution < -0.4 is 0 Å². The minimum Gasteiger partial charge on any atom is -0.282 e. The van der Waals surface area contributed by atoms with Gasteiger partial charge in [-0.1, -0.05) is 0 Å². The first-order valence-electron chi connectivity index (χ1n) is 4.00. The van der Waals surface area contributed by atoms with Gasteiger partial charge in [0.25, 0.3) is 30.4 Å². The van der Waals surface area contributed by atoms with Gasteiger partial charge in [-0.3, -0.25) is 13.7 Å². The molecule has 0 amide bonds. The minimum atomic E-state index is -5.33. The molecule has 13 heteroatoms. The Morgan fingerprint density at radius 2 is 1.05 bits per heavy atom. The largest absolute Gasteiger partial charge is 0.297 e. The lowest BCUT2D eigenvalue weighted by atomic mass is 10.3. The van der Waals surface area contributed by atoms with Gasteiger partial charge in [0.15, 0.2) is 5.82 Å². The molecule has 9 nitrogen and oxygen atoms in total. The van der Waals surface area contributed by atoms with Crippen molar-refractivity contribution in [2.45, 2.75) is 14.7 Å². The fourth-order valence-corrected chi connectivity index (χ4v) is 3.04. The summed E-state index contributed by atoms with van der Waals surface area (Å²) in [5.74, 6) is -2.09. The summed E-state index contributed by atoms with van der Waals surface area (Å²) in [5.41, 5.74) is 0. The van der Waals surface area contributed by atoms with Crippen LogP contribution in [0.1, 0.15) is 0 Å². The van der Waals surface area contributed by atoms with Crippen molar-refractivity contribution in [2.75, 3.05) is 0 Å². The average Bonchev–Trinajstić information content (AvgIpc) is 2.11. The Kier molecular flexibility index (Phi) is 3.74. The molecule has 0 fully saturated rings. The van der Waals surface area contributed by atoms with Crippen LogP contribution in [-0.2, 0) is 30.4 Å². The van der Waals surface area contributed by atoms with Crippen molar-refractivity contribution in [2.24, 2.45) is 0 Å². The van der Waals surface area contributed by atoms with E-state index >= 15 is 0 Å². The Labute approximate surface area is 106 Å². The number of hydrogen-bond donors (Lipinski definition) is 3.